The highest BCUT2D eigenvalue weighted by molar-refractivity contribution is 7.99. The van der Waals surface area contributed by atoms with Crippen molar-refractivity contribution in [1.82, 2.24) is 10.2 Å². The summed E-state index contributed by atoms with van der Waals surface area (Å²) in [6.45, 7) is 3.58. The highest BCUT2D eigenvalue weighted by atomic mass is 32.2. The molecule has 1 aliphatic heterocycles. The quantitative estimate of drug-likeness (QED) is 0.724. The summed E-state index contributed by atoms with van der Waals surface area (Å²) in [5.41, 5.74) is -0.123. The van der Waals surface area contributed by atoms with Crippen LogP contribution in [0.3, 0.4) is 0 Å². The summed E-state index contributed by atoms with van der Waals surface area (Å²) in [6, 6.07) is 3.29. The lowest BCUT2D eigenvalue weighted by Gasteiger charge is -2.31. The van der Waals surface area contributed by atoms with E-state index in [1.54, 1.807) is 4.90 Å². The molecule has 0 unspecified atom stereocenters. The number of carbonyl (C=O) groups excluding carboxylic acids is 1. The average molecular weight is 416 g/mol. The third-order valence-corrected chi connectivity index (χ3v) is 4.85. The lowest BCUT2D eigenvalue weighted by molar-refractivity contribution is -0.137. The predicted molar refractivity (Wildman–Crippen MR) is 97.5 cm³/mol. The topological polar surface area (TPSA) is 80.5 Å². The summed E-state index contributed by atoms with van der Waals surface area (Å²) in [5, 5.41) is 10.6. The second-order valence-electron chi connectivity index (χ2n) is 5.98. The molecule has 1 N–H and O–H groups in total. The van der Waals surface area contributed by atoms with Crippen molar-refractivity contribution in [2.45, 2.75) is 24.7 Å². The standard InChI is InChI=1S/C17H19F3N4O3S/c1-2-15-22-23-16(27-15)28-10-14(25)21-12-4-3-11(17(18,19)20)9-13(12)24-5-7-26-8-6-24/h3-4,9H,2,5-8,10H2,1H3,(H,21,25). The molecule has 1 fully saturated rings. The largest absolute Gasteiger partial charge is 0.416 e. The number of thioether (sulfide) groups is 1. The minimum Gasteiger partial charge on any atom is -0.416 e. The zero-order chi connectivity index (χ0) is 20.1. The van der Waals surface area contributed by atoms with E-state index in [1.807, 2.05) is 6.92 Å². The lowest BCUT2D eigenvalue weighted by atomic mass is 10.1. The fraction of sp³-hybridized carbons (Fsp3) is 0.471. The second kappa shape index (κ2) is 8.82. The molecular weight excluding hydrogens is 397 g/mol. The number of alkyl halides is 3. The summed E-state index contributed by atoms with van der Waals surface area (Å²) >= 11 is 1.07. The number of aromatic nitrogens is 2. The van der Waals surface area contributed by atoms with Crippen molar-refractivity contribution in [3.63, 3.8) is 0 Å². The number of amides is 1. The molecule has 0 radical (unpaired) electrons. The number of benzene rings is 1. The van der Waals surface area contributed by atoms with E-state index in [9.17, 15) is 18.0 Å². The average Bonchev–Trinajstić information content (AvgIpc) is 3.15. The van der Waals surface area contributed by atoms with Gasteiger partial charge in [0.2, 0.25) is 11.8 Å². The number of hydrogen-bond donors (Lipinski definition) is 1. The van der Waals surface area contributed by atoms with Gasteiger partial charge in [0.15, 0.2) is 0 Å². The molecule has 152 valence electrons. The van der Waals surface area contributed by atoms with Crippen LogP contribution in [-0.4, -0.2) is 48.2 Å². The minimum atomic E-state index is -4.46. The Morgan fingerprint density at radius 1 is 1.29 bits per heavy atom. The molecule has 0 bridgehead atoms. The predicted octanol–water partition coefficient (Wildman–Crippen LogP) is 3.22. The van der Waals surface area contributed by atoms with Crippen molar-refractivity contribution in [2.75, 3.05) is 42.3 Å². The molecule has 2 aromatic rings. The van der Waals surface area contributed by atoms with Gasteiger partial charge in [-0.15, -0.1) is 10.2 Å². The number of halogens is 3. The smallest absolute Gasteiger partial charge is 0.416 e. The van der Waals surface area contributed by atoms with Gasteiger partial charge in [0.1, 0.15) is 0 Å². The van der Waals surface area contributed by atoms with Crippen molar-refractivity contribution in [3.8, 4) is 0 Å². The number of hydrogen-bond acceptors (Lipinski definition) is 7. The van der Waals surface area contributed by atoms with Crippen molar-refractivity contribution in [1.29, 1.82) is 0 Å². The van der Waals surface area contributed by atoms with Crippen LogP contribution >= 0.6 is 11.8 Å². The van der Waals surface area contributed by atoms with Crippen LogP contribution in [0.2, 0.25) is 0 Å². The maximum Gasteiger partial charge on any atom is 0.416 e. The molecule has 2 heterocycles. The van der Waals surface area contributed by atoms with E-state index in [4.69, 9.17) is 9.15 Å². The van der Waals surface area contributed by atoms with Crippen molar-refractivity contribution < 1.29 is 27.1 Å². The Bertz CT molecular complexity index is 822. The van der Waals surface area contributed by atoms with Crippen LogP contribution in [0.1, 0.15) is 18.4 Å². The zero-order valence-corrected chi connectivity index (χ0v) is 15.9. The third kappa shape index (κ3) is 5.16. The summed E-state index contributed by atoms with van der Waals surface area (Å²) in [7, 11) is 0. The number of rotatable bonds is 6. The van der Waals surface area contributed by atoms with Crippen molar-refractivity contribution >= 4 is 29.0 Å². The maximum atomic E-state index is 13.1. The van der Waals surface area contributed by atoms with Gasteiger partial charge in [0.05, 0.1) is 35.9 Å². The number of ether oxygens (including phenoxy) is 1. The number of nitrogens with one attached hydrogen (secondary N) is 1. The third-order valence-electron chi connectivity index (χ3n) is 4.03. The Balaban J connectivity index is 1.72. The molecule has 7 nitrogen and oxygen atoms in total. The molecule has 1 saturated heterocycles. The van der Waals surface area contributed by atoms with E-state index in [1.165, 1.54) is 6.07 Å². The fourth-order valence-electron chi connectivity index (χ4n) is 2.63. The van der Waals surface area contributed by atoms with E-state index < -0.39 is 11.7 Å². The van der Waals surface area contributed by atoms with E-state index in [0.717, 1.165) is 23.9 Å². The number of morpholine rings is 1. The van der Waals surface area contributed by atoms with E-state index in [0.29, 0.717) is 50.0 Å². The van der Waals surface area contributed by atoms with Crippen LogP contribution in [0.4, 0.5) is 24.5 Å². The zero-order valence-electron chi connectivity index (χ0n) is 15.1. The highest BCUT2D eigenvalue weighted by Crippen LogP contribution is 2.36. The number of aryl methyl sites for hydroxylation is 1. The number of nitrogens with zero attached hydrogens (tertiary/aromatic N) is 3. The lowest BCUT2D eigenvalue weighted by Crippen LogP contribution is -2.37. The monoisotopic (exact) mass is 416 g/mol. The van der Waals surface area contributed by atoms with Gasteiger partial charge in [-0.05, 0) is 18.2 Å². The summed E-state index contributed by atoms with van der Waals surface area (Å²) in [6.07, 6.45) is -3.87. The van der Waals surface area contributed by atoms with Gasteiger partial charge in [-0.25, -0.2) is 0 Å². The summed E-state index contributed by atoms with van der Waals surface area (Å²) in [5.74, 6) is 0.0883. The van der Waals surface area contributed by atoms with Gasteiger partial charge in [0, 0.05) is 19.5 Å². The number of anilines is 2. The van der Waals surface area contributed by atoms with Crippen LogP contribution < -0.4 is 10.2 Å². The first-order chi connectivity index (χ1) is 13.4. The Morgan fingerprint density at radius 2 is 2.04 bits per heavy atom. The molecule has 28 heavy (non-hydrogen) atoms. The van der Waals surface area contributed by atoms with Crippen LogP contribution in [0.15, 0.2) is 27.8 Å². The molecule has 11 heteroatoms. The normalized spacial score (nSPS) is 14.9. The van der Waals surface area contributed by atoms with Gasteiger partial charge >= 0.3 is 6.18 Å². The Labute approximate surface area is 163 Å². The van der Waals surface area contributed by atoms with Gasteiger partial charge in [-0.2, -0.15) is 13.2 Å². The van der Waals surface area contributed by atoms with Crippen LogP contribution in [-0.2, 0) is 22.1 Å². The molecule has 1 aromatic carbocycles. The van der Waals surface area contributed by atoms with Crippen molar-refractivity contribution in [3.05, 3.63) is 29.7 Å². The van der Waals surface area contributed by atoms with Crippen LogP contribution in [0, 0.1) is 0 Å². The molecule has 0 spiro atoms. The molecule has 0 saturated carbocycles. The summed E-state index contributed by atoms with van der Waals surface area (Å²) < 4.78 is 49.9. The molecule has 3 rings (SSSR count). The van der Waals surface area contributed by atoms with E-state index >= 15 is 0 Å². The molecule has 1 amide bonds. The van der Waals surface area contributed by atoms with Gasteiger partial charge in [0.25, 0.3) is 5.22 Å². The van der Waals surface area contributed by atoms with Gasteiger partial charge < -0.3 is 19.4 Å². The molecule has 1 aliphatic rings. The van der Waals surface area contributed by atoms with E-state index in [-0.39, 0.29) is 16.9 Å². The van der Waals surface area contributed by atoms with Crippen molar-refractivity contribution in [2.24, 2.45) is 0 Å². The number of carbonyl (C=O) groups is 1. The van der Waals surface area contributed by atoms with Crippen LogP contribution in [0.25, 0.3) is 0 Å². The van der Waals surface area contributed by atoms with Gasteiger partial charge in [-0.1, -0.05) is 18.7 Å². The summed E-state index contributed by atoms with van der Waals surface area (Å²) in [4.78, 5) is 14.1. The van der Waals surface area contributed by atoms with Gasteiger partial charge in [-0.3, -0.25) is 4.79 Å². The fourth-order valence-corrected chi connectivity index (χ4v) is 3.21. The Hall–Kier alpha value is -2.27. The molecule has 0 atom stereocenters. The molecule has 0 aliphatic carbocycles. The molecule has 1 aromatic heterocycles. The van der Waals surface area contributed by atoms with Crippen LogP contribution in [0.5, 0.6) is 0 Å². The first-order valence-electron chi connectivity index (χ1n) is 8.65. The Morgan fingerprint density at radius 3 is 2.68 bits per heavy atom. The van der Waals surface area contributed by atoms with E-state index in [2.05, 4.69) is 15.5 Å². The molecular formula is C17H19F3N4O3S. The minimum absolute atomic E-state index is 0.00504. The first kappa shape index (κ1) is 20.5. The SMILES string of the molecule is CCc1nnc(SCC(=O)Nc2ccc(C(F)(F)F)cc2N2CCOCC2)o1. The Kier molecular flexibility index (Phi) is 6.45. The first-order valence-corrected chi connectivity index (χ1v) is 9.64. The maximum absolute atomic E-state index is 13.1. The highest BCUT2D eigenvalue weighted by Gasteiger charge is 2.32. The second-order valence-corrected chi connectivity index (χ2v) is 6.91.